The van der Waals surface area contributed by atoms with Gasteiger partial charge in [0, 0.05) is 12.8 Å². The third-order valence-electron chi connectivity index (χ3n) is 2.99. The molecule has 0 unspecified atom stereocenters. The van der Waals surface area contributed by atoms with Crippen molar-refractivity contribution in [2.24, 2.45) is 0 Å². The summed E-state index contributed by atoms with van der Waals surface area (Å²) in [6.45, 7) is 1.21. The molecule has 8 nitrogen and oxygen atoms in total. The smallest absolute Gasteiger partial charge is 0.320 e. The van der Waals surface area contributed by atoms with Crippen molar-refractivity contribution in [1.82, 2.24) is 10.6 Å². The Morgan fingerprint density at radius 3 is 1.90 bits per heavy atom. The van der Waals surface area contributed by atoms with E-state index in [-0.39, 0.29) is 43.8 Å². The molecule has 0 amide bonds. The number of carboxylic acids is 2. The zero-order valence-electron chi connectivity index (χ0n) is 12.2. The maximum atomic E-state index is 11.6. The Bertz CT molecular complexity index is 396. The van der Waals surface area contributed by atoms with E-state index < -0.39 is 24.0 Å². The number of rotatable bonds is 12. The van der Waals surface area contributed by atoms with Crippen LogP contribution in [0, 0.1) is 0 Å². The highest BCUT2D eigenvalue weighted by Crippen LogP contribution is 2.01. The van der Waals surface area contributed by atoms with Crippen LogP contribution >= 0.6 is 0 Å². The quantitative estimate of drug-likeness (QED) is 0.376. The van der Waals surface area contributed by atoms with E-state index in [1.807, 2.05) is 0 Å². The number of ketones is 2. The third kappa shape index (κ3) is 8.87. The van der Waals surface area contributed by atoms with E-state index in [1.165, 1.54) is 14.0 Å². The highest BCUT2D eigenvalue weighted by atomic mass is 16.4. The van der Waals surface area contributed by atoms with E-state index in [1.54, 1.807) is 0 Å². The van der Waals surface area contributed by atoms with Crippen molar-refractivity contribution in [3.63, 3.8) is 0 Å². The van der Waals surface area contributed by atoms with Gasteiger partial charge in [-0.05, 0) is 26.8 Å². The van der Waals surface area contributed by atoms with E-state index in [0.29, 0.717) is 0 Å². The molecule has 0 aromatic rings. The van der Waals surface area contributed by atoms with Gasteiger partial charge in [0.05, 0.1) is 6.54 Å². The normalized spacial score (nSPS) is 13.4. The molecule has 0 saturated heterocycles. The van der Waals surface area contributed by atoms with Crippen LogP contribution in [0.15, 0.2) is 0 Å². The monoisotopic (exact) mass is 302 g/mol. The highest BCUT2D eigenvalue weighted by Gasteiger charge is 2.20. The van der Waals surface area contributed by atoms with Crippen LogP contribution in [0.25, 0.3) is 0 Å². The molecule has 120 valence electrons. The van der Waals surface area contributed by atoms with Gasteiger partial charge in [0.15, 0.2) is 0 Å². The molecule has 0 aromatic heterocycles. The van der Waals surface area contributed by atoms with Crippen LogP contribution in [-0.4, -0.2) is 59.4 Å². The fourth-order valence-corrected chi connectivity index (χ4v) is 1.68. The van der Waals surface area contributed by atoms with Crippen molar-refractivity contribution < 1.29 is 29.4 Å². The summed E-state index contributed by atoms with van der Waals surface area (Å²) in [6.07, 6.45) is 0.409. The van der Waals surface area contributed by atoms with E-state index in [0.717, 1.165) is 0 Å². The molecule has 0 aliphatic heterocycles. The fourth-order valence-electron chi connectivity index (χ4n) is 1.68. The van der Waals surface area contributed by atoms with Gasteiger partial charge < -0.3 is 20.3 Å². The van der Waals surface area contributed by atoms with Crippen molar-refractivity contribution in [3.8, 4) is 0 Å². The molecule has 0 spiro atoms. The lowest BCUT2D eigenvalue weighted by Crippen LogP contribution is -2.40. The zero-order chi connectivity index (χ0) is 16.4. The topological polar surface area (TPSA) is 133 Å². The summed E-state index contributed by atoms with van der Waals surface area (Å²) in [7, 11) is 1.49. The number of carbonyl (C=O) groups excluding carboxylic acids is 2. The van der Waals surface area contributed by atoms with Crippen LogP contribution in [0.3, 0.4) is 0 Å². The second-order valence-electron chi connectivity index (χ2n) is 4.77. The lowest BCUT2D eigenvalue weighted by atomic mass is 10.1. The molecule has 0 saturated carbocycles. The number of aliphatic carboxylic acids is 2. The molecule has 2 atom stereocenters. The summed E-state index contributed by atoms with van der Waals surface area (Å²) in [5, 5.41) is 22.9. The van der Waals surface area contributed by atoms with Crippen molar-refractivity contribution in [1.29, 1.82) is 0 Å². The van der Waals surface area contributed by atoms with Crippen LogP contribution < -0.4 is 10.6 Å². The Hall–Kier alpha value is -1.80. The van der Waals surface area contributed by atoms with Crippen molar-refractivity contribution >= 4 is 23.5 Å². The molecule has 0 fully saturated rings. The van der Waals surface area contributed by atoms with Gasteiger partial charge in [-0.2, -0.15) is 0 Å². The number of likely N-dealkylation sites (N-methyl/N-ethyl adjacent to an activating group) is 1. The Balaban J connectivity index is 4.16. The third-order valence-corrected chi connectivity index (χ3v) is 2.99. The van der Waals surface area contributed by atoms with Crippen LogP contribution in [0.5, 0.6) is 0 Å². The van der Waals surface area contributed by atoms with E-state index in [2.05, 4.69) is 10.6 Å². The number of Topliss-reactive ketones (excluding diaryl/α,β-unsaturated/α-hetero) is 2. The van der Waals surface area contributed by atoms with Crippen LogP contribution in [0.2, 0.25) is 0 Å². The molecule has 0 rings (SSSR count). The second kappa shape index (κ2) is 10.0. The molecule has 8 heteroatoms. The first kappa shape index (κ1) is 19.2. The van der Waals surface area contributed by atoms with Crippen LogP contribution in [0.4, 0.5) is 0 Å². The van der Waals surface area contributed by atoms with E-state index in [4.69, 9.17) is 10.2 Å². The molecule has 0 aromatic carbocycles. The van der Waals surface area contributed by atoms with Crippen molar-refractivity contribution in [2.75, 3.05) is 13.6 Å². The Labute approximate surface area is 122 Å². The predicted octanol–water partition coefficient (Wildman–Crippen LogP) is -0.580. The Morgan fingerprint density at radius 1 is 0.952 bits per heavy atom. The Morgan fingerprint density at radius 2 is 1.48 bits per heavy atom. The van der Waals surface area contributed by atoms with Crippen LogP contribution in [-0.2, 0) is 19.2 Å². The first-order valence-corrected chi connectivity index (χ1v) is 6.65. The van der Waals surface area contributed by atoms with Gasteiger partial charge >= 0.3 is 11.9 Å². The molecule has 0 aliphatic rings. The molecular weight excluding hydrogens is 280 g/mol. The summed E-state index contributed by atoms with van der Waals surface area (Å²) in [4.78, 5) is 44.1. The van der Waals surface area contributed by atoms with Gasteiger partial charge in [0.2, 0.25) is 0 Å². The van der Waals surface area contributed by atoms with E-state index >= 15 is 0 Å². The molecular formula is C13H22N2O6. The van der Waals surface area contributed by atoms with Crippen molar-refractivity contribution in [2.45, 2.75) is 44.7 Å². The molecule has 0 aliphatic carbocycles. The predicted molar refractivity (Wildman–Crippen MR) is 74.1 cm³/mol. The molecule has 0 radical (unpaired) electrons. The maximum Gasteiger partial charge on any atom is 0.320 e. The minimum atomic E-state index is -1.12. The lowest BCUT2D eigenvalue weighted by Gasteiger charge is -2.14. The second-order valence-corrected chi connectivity index (χ2v) is 4.77. The average Bonchev–Trinajstić information content (AvgIpc) is 2.38. The molecule has 21 heavy (non-hydrogen) atoms. The maximum absolute atomic E-state index is 11.6. The first-order valence-electron chi connectivity index (χ1n) is 6.65. The van der Waals surface area contributed by atoms with Gasteiger partial charge in [-0.3, -0.25) is 19.7 Å². The van der Waals surface area contributed by atoms with Crippen LogP contribution in [0.1, 0.15) is 32.6 Å². The standard InChI is InChI=1S/C13H22N2O6/c1-8(16)3-5-11(13(20)21)15-7-9(17)4-6-10(14-2)12(18)19/h10-11,14-15H,3-7H2,1-2H3,(H,18,19)(H,20,21)/t10-,11-/m0/s1. The Kier molecular flexibility index (Phi) is 9.15. The largest absolute Gasteiger partial charge is 0.480 e. The average molecular weight is 302 g/mol. The zero-order valence-corrected chi connectivity index (χ0v) is 12.2. The summed E-state index contributed by atoms with van der Waals surface area (Å²) in [6, 6.07) is -1.76. The number of nitrogens with one attached hydrogen (secondary N) is 2. The summed E-state index contributed by atoms with van der Waals surface area (Å²) < 4.78 is 0. The number of carboxylic acid groups (broad SMARTS) is 2. The number of hydrogen-bond acceptors (Lipinski definition) is 6. The number of carbonyl (C=O) groups is 4. The van der Waals surface area contributed by atoms with Gasteiger partial charge in [-0.1, -0.05) is 0 Å². The summed E-state index contributed by atoms with van der Waals surface area (Å²) in [5.41, 5.74) is 0. The minimum absolute atomic E-state index is 0.0316. The molecule has 4 N–H and O–H groups in total. The number of hydrogen-bond donors (Lipinski definition) is 4. The fraction of sp³-hybridized carbons (Fsp3) is 0.692. The SMILES string of the molecule is CN[C@@H](CCC(=O)CN[C@@H](CCC(C)=O)C(=O)O)C(=O)O. The summed E-state index contributed by atoms with van der Waals surface area (Å²) >= 11 is 0. The lowest BCUT2D eigenvalue weighted by molar-refractivity contribution is -0.140. The van der Waals surface area contributed by atoms with Gasteiger partial charge in [-0.25, -0.2) is 0 Å². The van der Waals surface area contributed by atoms with Gasteiger partial charge in [0.1, 0.15) is 23.7 Å². The molecule has 0 bridgehead atoms. The minimum Gasteiger partial charge on any atom is -0.480 e. The highest BCUT2D eigenvalue weighted by molar-refractivity contribution is 5.83. The van der Waals surface area contributed by atoms with E-state index in [9.17, 15) is 19.2 Å². The molecule has 0 heterocycles. The van der Waals surface area contributed by atoms with Gasteiger partial charge in [-0.15, -0.1) is 0 Å². The summed E-state index contributed by atoms with van der Waals surface area (Å²) in [5.74, 6) is -2.55. The van der Waals surface area contributed by atoms with Gasteiger partial charge in [0.25, 0.3) is 0 Å². The van der Waals surface area contributed by atoms with Crippen molar-refractivity contribution in [3.05, 3.63) is 0 Å². The first-order chi connectivity index (χ1) is 9.77.